The topological polar surface area (TPSA) is 61.4 Å². The number of amides is 2. The van der Waals surface area contributed by atoms with Gasteiger partial charge >= 0.3 is 0 Å². The zero-order valence-corrected chi connectivity index (χ0v) is 15.9. The summed E-state index contributed by atoms with van der Waals surface area (Å²) >= 11 is 0. The lowest BCUT2D eigenvalue weighted by atomic mass is 9.96. The Labute approximate surface area is 158 Å². The number of hydrogen-bond donors (Lipinski definition) is 2. The molecule has 5 nitrogen and oxygen atoms in total. The van der Waals surface area contributed by atoms with Crippen molar-refractivity contribution in [3.05, 3.63) is 35.4 Å². The number of carbonyl (C=O) groups is 2. The zero-order chi connectivity index (χ0) is 18.4. The third-order valence-corrected chi connectivity index (χ3v) is 4.47. The van der Waals surface area contributed by atoms with Crippen molar-refractivity contribution in [2.24, 2.45) is 5.92 Å². The fourth-order valence-electron chi connectivity index (χ4n) is 3.36. The molecule has 2 rings (SSSR count). The van der Waals surface area contributed by atoms with Crippen LogP contribution in [0.1, 0.15) is 37.8 Å². The standard InChI is InChI=1S/C18H25F2N3O2.ClH/c1-12(24)22-16(18-14(19)6-3-7-15(18)20)9-17(25)23-8-4-5-13(11-23)10-21-2;/h3,6-7,13,16,21H,4-5,8-11H2,1-2H3,(H,22,24);1H. The van der Waals surface area contributed by atoms with Crippen LogP contribution in [0.2, 0.25) is 0 Å². The molecule has 1 fully saturated rings. The summed E-state index contributed by atoms with van der Waals surface area (Å²) in [5, 5.41) is 5.62. The summed E-state index contributed by atoms with van der Waals surface area (Å²) < 4.78 is 28.2. The van der Waals surface area contributed by atoms with E-state index in [1.807, 2.05) is 7.05 Å². The first-order valence-corrected chi connectivity index (χ1v) is 8.55. The van der Waals surface area contributed by atoms with Gasteiger partial charge in [0.1, 0.15) is 11.6 Å². The first-order valence-electron chi connectivity index (χ1n) is 8.55. The van der Waals surface area contributed by atoms with Crippen LogP contribution < -0.4 is 10.6 Å². The van der Waals surface area contributed by atoms with Gasteiger partial charge in [-0.25, -0.2) is 8.78 Å². The van der Waals surface area contributed by atoms with Crippen molar-refractivity contribution in [1.29, 1.82) is 0 Å². The summed E-state index contributed by atoms with van der Waals surface area (Å²) in [7, 11) is 1.87. The van der Waals surface area contributed by atoms with Gasteiger partial charge in [-0.3, -0.25) is 9.59 Å². The number of nitrogens with zero attached hydrogens (tertiary/aromatic N) is 1. The highest BCUT2D eigenvalue weighted by Crippen LogP contribution is 2.25. The van der Waals surface area contributed by atoms with Crippen LogP contribution in [0.5, 0.6) is 0 Å². The fourth-order valence-corrected chi connectivity index (χ4v) is 3.36. The molecule has 2 N–H and O–H groups in total. The molecule has 2 unspecified atom stereocenters. The average molecular weight is 390 g/mol. The highest BCUT2D eigenvalue weighted by atomic mass is 35.5. The number of halogens is 3. The first-order chi connectivity index (χ1) is 11.9. The van der Waals surface area contributed by atoms with E-state index in [-0.39, 0.29) is 30.3 Å². The molecule has 8 heteroatoms. The number of benzene rings is 1. The molecule has 0 bridgehead atoms. The van der Waals surface area contributed by atoms with Crippen LogP contribution in [-0.2, 0) is 9.59 Å². The van der Waals surface area contributed by atoms with E-state index in [1.54, 1.807) is 4.90 Å². The lowest BCUT2D eigenvalue weighted by Crippen LogP contribution is -2.44. The second-order valence-electron chi connectivity index (χ2n) is 6.50. The molecule has 0 spiro atoms. The van der Waals surface area contributed by atoms with E-state index < -0.39 is 23.6 Å². The minimum Gasteiger partial charge on any atom is -0.349 e. The maximum absolute atomic E-state index is 14.1. The third-order valence-electron chi connectivity index (χ3n) is 4.47. The van der Waals surface area contributed by atoms with Crippen LogP contribution in [-0.4, -0.2) is 43.4 Å². The highest BCUT2D eigenvalue weighted by molar-refractivity contribution is 5.85. The maximum atomic E-state index is 14.1. The third kappa shape index (κ3) is 5.92. The molecule has 0 saturated carbocycles. The SMILES string of the molecule is CNCC1CCCN(C(=O)CC(NC(C)=O)c2c(F)cccc2F)C1.Cl. The van der Waals surface area contributed by atoms with E-state index in [0.29, 0.717) is 19.0 Å². The van der Waals surface area contributed by atoms with E-state index in [1.165, 1.54) is 13.0 Å². The summed E-state index contributed by atoms with van der Waals surface area (Å²) in [4.78, 5) is 25.8. The van der Waals surface area contributed by atoms with Crippen LogP contribution in [0.25, 0.3) is 0 Å². The van der Waals surface area contributed by atoms with Gasteiger partial charge in [0.25, 0.3) is 0 Å². The van der Waals surface area contributed by atoms with E-state index in [0.717, 1.165) is 31.5 Å². The van der Waals surface area contributed by atoms with Crippen molar-refractivity contribution in [2.75, 3.05) is 26.7 Å². The summed E-state index contributed by atoms with van der Waals surface area (Å²) in [6.07, 6.45) is 1.78. The Morgan fingerprint density at radius 1 is 1.31 bits per heavy atom. The molecule has 1 aliphatic heterocycles. The van der Waals surface area contributed by atoms with Crippen molar-refractivity contribution >= 4 is 24.2 Å². The molecule has 146 valence electrons. The molecular formula is C18H26ClF2N3O2. The van der Waals surface area contributed by atoms with Crippen LogP contribution in [0.4, 0.5) is 8.78 Å². The number of nitrogens with one attached hydrogen (secondary N) is 2. The summed E-state index contributed by atoms with van der Waals surface area (Å²) in [5.41, 5.74) is -0.269. The van der Waals surface area contributed by atoms with Gasteiger partial charge in [-0.2, -0.15) is 0 Å². The van der Waals surface area contributed by atoms with E-state index >= 15 is 0 Å². The van der Waals surface area contributed by atoms with Crippen molar-refractivity contribution in [1.82, 2.24) is 15.5 Å². The fraction of sp³-hybridized carbons (Fsp3) is 0.556. The molecule has 2 amide bonds. The normalized spacial score (nSPS) is 18.0. The predicted octanol–water partition coefficient (Wildman–Crippen LogP) is 2.41. The Kier molecular flexibility index (Phi) is 8.95. The van der Waals surface area contributed by atoms with Gasteiger partial charge in [-0.1, -0.05) is 6.07 Å². The van der Waals surface area contributed by atoms with E-state index in [2.05, 4.69) is 10.6 Å². The first kappa shape index (κ1) is 22.3. The highest BCUT2D eigenvalue weighted by Gasteiger charge is 2.28. The minimum absolute atomic E-state index is 0. The molecule has 2 atom stereocenters. The van der Waals surface area contributed by atoms with Gasteiger partial charge in [-0.05, 0) is 44.5 Å². The Morgan fingerprint density at radius 2 is 1.96 bits per heavy atom. The number of carbonyl (C=O) groups excluding carboxylic acids is 2. The summed E-state index contributed by atoms with van der Waals surface area (Å²) in [5.74, 6) is -1.81. The van der Waals surface area contributed by atoms with Crippen molar-refractivity contribution in [3.8, 4) is 0 Å². The Balaban J connectivity index is 0.00000338. The monoisotopic (exact) mass is 389 g/mol. The molecule has 1 heterocycles. The molecule has 1 aromatic rings. The molecule has 0 aliphatic carbocycles. The van der Waals surface area contributed by atoms with Gasteiger partial charge < -0.3 is 15.5 Å². The largest absolute Gasteiger partial charge is 0.349 e. The molecule has 1 saturated heterocycles. The maximum Gasteiger partial charge on any atom is 0.225 e. The van der Waals surface area contributed by atoms with Crippen LogP contribution >= 0.6 is 12.4 Å². The smallest absolute Gasteiger partial charge is 0.225 e. The second-order valence-corrected chi connectivity index (χ2v) is 6.50. The molecule has 26 heavy (non-hydrogen) atoms. The molecule has 1 aromatic carbocycles. The average Bonchev–Trinajstić information content (AvgIpc) is 2.54. The van der Waals surface area contributed by atoms with Gasteiger partial charge in [0.2, 0.25) is 11.8 Å². The second kappa shape index (κ2) is 10.4. The van der Waals surface area contributed by atoms with Crippen LogP contribution in [0.15, 0.2) is 18.2 Å². The van der Waals surface area contributed by atoms with Crippen LogP contribution in [0.3, 0.4) is 0 Å². The number of rotatable bonds is 6. The number of piperidine rings is 1. The van der Waals surface area contributed by atoms with Gasteiger partial charge in [-0.15, -0.1) is 12.4 Å². The quantitative estimate of drug-likeness (QED) is 0.785. The molecular weight excluding hydrogens is 364 g/mol. The van der Waals surface area contributed by atoms with Crippen LogP contribution in [0, 0.1) is 17.6 Å². The Morgan fingerprint density at radius 3 is 2.54 bits per heavy atom. The zero-order valence-electron chi connectivity index (χ0n) is 15.1. The lowest BCUT2D eigenvalue weighted by molar-refractivity contribution is -0.133. The van der Waals surface area contributed by atoms with Crippen molar-refractivity contribution in [3.63, 3.8) is 0 Å². The van der Waals surface area contributed by atoms with Crippen molar-refractivity contribution in [2.45, 2.75) is 32.2 Å². The van der Waals surface area contributed by atoms with E-state index in [9.17, 15) is 18.4 Å². The van der Waals surface area contributed by atoms with E-state index in [4.69, 9.17) is 0 Å². The predicted molar refractivity (Wildman–Crippen MR) is 98.0 cm³/mol. The lowest BCUT2D eigenvalue weighted by Gasteiger charge is -2.34. The molecule has 0 radical (unpaired) electrons. The molecule has 0 aromatic heterocycles. The summed E-state index contributed by atoms with van der Waals surface area (Å²) in [6.45, 7) is 3.33. The summed E-state index contributed by atoms with van der Waals surface area (Å²) in [6, 6.07) is 2.49. The molecule has 1 aliphatic rings. The van der Waals surface area contributed by atoms with Gasteiger partial charge in [0.15, 0.2) is 0 Å². The Bertz CT molecular complexity index is 608. The number of hydrogen-bond acceptors (Lipinski definition) is 3. The Hall–Kier alpha value is -1.73. The van der Waals surface area contributed by atoms with Crippen molar-refractivity contribution < 1.29 is 18.4 Å². The van der Waals surface area contributed by atoms with Gasteiger partial charge in [0.05, 0.1) is 12.5 Å². The van der Waals surface area contributed by atoms with Gasteiger partial charge in [0, 0.05) is 25.6 Å². The minimum atomic E-state index is -1.02. The number of likely N-dealkylation sites (tertiary alicyclic amines) is 1.